The molecule has 0 bridgehead atoms. The van der Waals surface area contributed by atoms with E-state index >= 15 is 0 Å². The van der Waals surface area contributed by atoms with Gasteiger partial charge in [0.1, 0.15) is 0 Å². The van der Waals surface area contributed by atoms with E-state index in [9.17, 15) is 9.59 Å². The van der Waals surface area contributed by atoms with Crippen LogP contribution in [0.25, 0.3) is 0 Å². The third kappa shape index (κ3) is 3.56. The summed E-state index contributed by atoms with van der Waals surface area (Å²) in [5, 5.41) is 12.2. The van der Waals surface area contributed by atoms with Crippen molar-refractivity contribution in [3.63, 3.8) is 0 Å². The summed E-state index contributed by atoms with van der Waals surface area (Å²) >= 11 is 0. The Kier molecular flexibility index (Phi) is 4.17. The van der Waals surface area contributed by atoms with Crippen LogP contribution in [0.4, 0.5) is 11.5 Å². The van der Waals surface area contributed by atoms with E-state index in [-0.39, 0.29) is 23.5 Å². The molecule has 2 amide bonds. The summed E-state index contributed by atoms with van der Waals surface area (Å²) in [4.78, 5) is 23.0. The standard InChI is InChI=1S/C13H15N5O3/c1-7(15-13(20)11-12(14)18-21-17-11)9-4-3-5-10(6-9)16-8(2)19/h3-7H,1-2H3,(H2,14,18)(H,15,20)(H,16,19). The second-order valence-corrected chi connectivity index (χ2v) is 4.50. The highest BCUT2D eigenvalue weighted by atomic mass is 16.6. The van der Waals surface area contributed by atoms with Crippen molar-refractivity contribution in [2.24, 2.45) is 0 Å². The summed E-state index contributed by atoms with van der Waals surface area (Å²) in [6.07, 6.45) is 0. The first kappa shape index (κ1) is 14.5. The molecule has 0 aliphatic rings. The fourth-order valence-corrected chi connectivity index (χ4v) is 1.79. The zero-order valence-corrected chi connectivity index (χ0v) is 11.6. The number of amides is 2. The van der Waals surface area contributed by atoms with Crippen LogP contribution in [-0.4, -0.2) is 22.1 Å². The van der Waals surface area contributed by atoms with Crippen molar-refractivity contribution >= 4 is 23.3 Å². The molecule has 2 aromatic rings. The molecule has 0 spiro atoms. The van der Waals surface area contributed by atoms with E-state index in [2.05, 4.69) is 25.6 Å². The molecule has 4 N–H and O–H groups in total. The number of rotatable bonds is 4. The van der Waals surface area contributed by atoms with Crippen LogP contribution < -0.4 is 16.4 Å². The third-order valence-corrected chi connectivity index (χ3v) is 2.78. The average molecular weight is 289 g/mol. The molecular formula is C13H15N5O3. The molecule has 1 heterocycles. The molecule has 0 radical (unpaired) electrons. The SMILES string of the molecule is CC(=O)Nc1cccc(C(C)NC(=O)c2nonc2N)c1. The Hall–Kier alpha value is -2.90. The first-order chi connectivity index (χ1) is 9.97. The van der Waals surface area contributed by atoms with Gasteiger partial charge >= 0.3 is 0 Å². The van der Waals surface area contributed by atoms with Crippen LogP contribution in [0.3, 0.4) is 0 Å². The monoisotopic (exact) mass is 289 g/mol. The van der Waals surface area contributed by atoms with Crippen molar-refractivity contribution < 1.29 is 14.2 Å². The van der Waals surface area contributed by atoms with E-state index in [1.807, 2.05) is 6.07 Å². The van der Waals surface area contributed by atoms with Gasteiger partial charge in [0.2, 0.25) is 17.4 Å². The lowest BCUT2D eigenvalue weighted by Crippen LogP contribution is -2.27. The quantitative estimate of drug-likeness (QED) is 0.774. The van der Waals surface area contributed by atoms with E-state index < -0.39 is 5.91 Å². The molecule has 1 aromatic heterocycles. The van der Waals surface area contributed by atoms with Gasteiger partial charge in [-0.3, -0.25) is 9.59 Å². The number of hydrogen-bond donors (Lipinski definition) is 3. The van der Waals surface area contributed by atoms with Crippen LogP contribution in [0.1, 0.15) is 35.9 Å². The lowest BCUT2D eigenvalue weighted by atomic mass is 10.1. The third-order valence-electron chi connectivity index (χ3n) is 2.78. The zero-order chi connectivity index (χ0) is 15.4. The Morgan fingerprint density at radius 2 is 2.10 bits per heavy atom. The number of hydrogen-bond acceptors (Lipinski definition) is 6. The van der Waals surface area contributed by atoms with Gasteiger partial charge in [0, 0.05) is 12.6 Å². The lowest BCUT2D eigenvalue weighted by Gasteiger charge is -2.14. The number of nitrogens with zero attached hydrogens (tertiary/aromatic N) is 2. The number of nitrogens with two attached hydrogens (primary N) is 1. The van der Waals surface area contributed by atoms with Crippen molar-refractivity contribution in [1.29, 1.82) is 0 Å². The molecule has 1 unspecified atom stereocenters. The molecule has 8 nitrogen and oxygen atoms in total. The van der Waals surface area contributed by atoms with E-state index in [1.165, 1.54) is 6.92 Å². The van der Waals surface area contributed by atoms with Gasteiger partial charge in [-0.1, -0.05) is 12.1 Å². The smallest absolute Gasteiger partial charge is 0.277 e. The van der Waals surface area contributed by atoms with Crippen molar-refractivity contribution in [1.82, 2.24) is 15.6 Å². The first-order valence-corrected chi connectivity index (χ1v) is 6.24. The number of benzene rings is 1. The Morgan fingerprint density at radius 1 is 1.33 bits per heavy atom. The topological polar surface area (TPSA) is 123 Å². The minimum Gasteiger partial charge on any atom is -0.379 e. The first-order valence-electron chi connectivity index (χ1n) is 6.24. The summed E-state index contributed by atoms with van der Waals surface area (Å²) < 4.78 is 4.38. The molecule has 0 saturated heterocycles. The van der Waals surface area contributed by atoms with E-state index in [4.69, 9.17) is 5.73 Å². The van der Waals surface area contributed by atoms with Crippen LogP contribution in [-0.2, 0) is 4.79 Å². The second-order valence-electron chi connectivity index (χ2n) is 4.50. The Morgan fingerprint density at radius 3 is 2.71 bits per heavy atom. The van der Waals surface area contributed by atoms with Crippen LogP contribution in [0.5, 0.6) is 0 Å². The summed E-state index contributed by atoms with van der Waals surface area (Å²) in [5.41, 5.74) is 6.88. The molecule has 110 valence electrons. The number of aromatic nitrogens is 2. The number of anilines is 2. The van der Waals surface area contributed by atoms with Gasteiger partial charge in [0.15, 0.2) is 0 Å². The summed E-state index contributed by atoms with van der Waals surface area (Å²) in [6.45, 7) is 3.23. The van der Waals surface area contributed by atoms with Gasteiger partial charge in [0.25, 0.3) is 5.91 Å². The predicted molar refractivity (Wildman–Crippen MR) is 75.3 cm³/mol. The van der Waals surface area contributed by atoms with E-state index in [1.54, 1.807) is 25.1 Å². The minimum absolute atomic E-state index is 0.0557. The minimum atomic E-state index is -0.480. The second kappa shape index (κ2) is 6.04. The van der Waals surface area contributed by atoms with E-state index in [0.29, 0.717) is 5.69 Å². The Bertz CT molecular complexity index is 667. The van der Waals surface area contributed by atoms with Crippen molar-refractivity contribution in [3.8, 4) is 0 Å². The molecule has 1 atom stereocenters. The number of nitrogens with one attached hydrogen (secondary N) is 2. The van der Waals surface area contributed by atoms with Crippen LogP contribution in [0, 0.1) is 0 Å². The van der Waals surface area contributed by atoms with Gasteiger partial charge in [0.05, 0.1) is 6.04 Å². The maximum atomic E-state index is 11.9. The van der Waals surface area contributed by atoms with Gasteiger partial charge in [-0.2, -0.15) is 0 Å². The average Bonchev–Trinajstić information content (AvgIpc) is 2.84. The number of nitrogen functional groups attached to an aromatic ring is 1. The van der Waals surface area contributed by atoms with Gasteiger partial charge < -0.3 is 16.4 Å². The predicted octanol–water partition coefficient (Wildman–Crippen LogP) is 1.10. The largest absolute Gasteiger partial charge is 0.379 e. The molecule has 8 heteroatoms. The molecule has 0 fully saturated rings. The van der Waals surface area contributed by atoms with Crippen LogP contribution in [0.15, 0.2) is 28.9 Å². The summed E-state index contributed by atoms with van der Waals surface area (Å²) in [6, 6.07) is 6.85. The maximum Gasteiger partial charge on any atom is 0.277 e. The molecule has 2 rings (SSSR count). The van der Waals surface area contributed by atoms with Gasteiger partial charge in [-0.05, 0) is 34.9 Å². The highest BCUT2D eigenvalue weighted by molar-refractivity contribution is 5.96. The van der Waals surface area contributed by atoms with Gasteiger partial charge in [-0.25, -0.2) is 4.63 Å². The molecule has 0 saturated carbocycles. The van der Waals surface area contributed by atoms with Crippen molar-refractivity contribution in [2.45, 2.75) is 19.9 Å². The zero-order valence-electron chi connectivity index (χ0n) is 11.6. The molecule has 0 aliphatic heterocycles. The molecule has 21 heavy (non-hydrogen) atoms. The summed E-state index contributed by atoms with van der Waals surface area (Å²) in [7, 11) is 0. The van der Waals surface area contributed by atoms with Crippen molar-refractivity contribution in [2.75, 3.05) is 11.1 Å². The summed E-state index contributed by atoms with van der Waals surface area (Å²) in [5.74, 6) is -0.705. The van der Waals surface area contributed by atoms with Crippen molar-refractivity contribution in [3.05, 3.63) is 35.5 Å². The van der Waals surface area contributed by atoms with Gasteiger partial charge in [-0.15, -0.1) is 0 Å². The van der Waals surface area contributed by atoms with Crippen LogP contribution in [0.2, 0.25) is 0 Å². The molecule has 1 aromatic carbocycles. The lowest BCUT2D eigenvalue weighted by molar-refractivity contribution is -0.114. The number of carbonyl (C=O) groups excluding carboxylic acids is 2. The van der Waals surface area contributed by atoms with Crippen LogP contribution >= 0.6 is 0 Å². The fourth-order valence-electron chi connectivity index (χ4n) is 1.79. The highest BCUT2D eigenvalue weighted by Crippen LogP contribution is 2.18. The Balaban J connectivity index is 2.10. The molecule has 0 aliphatic carbocycles. The number of carbonyl (C=O) groups is 2. The van der Waals surface area contributed by atoms with E-state index in [0.717, 1.165) is 5.56 Å². The fraction of sp³-hybridized carbons (Fsp3) is 0.231. The molecular weight excluding hydrogens is 274 g/mol. The maximum absolute atomic E-state index is 11.9. The Labute approximate surface area is 120 Å². The highest BCUT2D eigenvalue weighted by Gasteiger charge is 2.18. The normalized spacial score (nSPS) is 11.7.